The van der Waals surface area contributed by atoms with Gasteiger partial charge in [0.25, 0.3) is 11.5 Å². The third kappa shape index (κ3) is 7.25. The van der Waals surface area contributed by atoms with Gasteiger partial charge in [-0.15, -0.1) is 0 Å². The van der Waals surface area contributed by atoms with Crippen molar-refractivity contribution in [2.75, 3.05) is 33.8 Å². The highest BCUT2D eigenvalue weighted by Gasteiger charge is 2.61. The molecule has 1 fully saturated rings. The Bertz CT molecular complexity index is 879. The van der Waals surface area contributed by atoms with E-state index in [4.69, 9.17) is 9.47 Å². The van der Waals surface area contributed by atoms with Crippen LogP contribution >= 0.6 is 0 Å². The van der Waals surface area contributed by atoms with E-state index in [1.165, 1.54) is 26.3 Å². The molecule has 1 aromatic rings. The average molecular weight is 503 g/mol. The Balaban J connectivity index is 2.00. The third-order valence-electron chi connectivity index (χ3n) is 6.14. The van der Waals surface area contributed by atoms with Gasteiger partial charge in [0.2, 0.25) is 0 Å². The number of rotatable bonds is 7. The number of hydrogen-bond donors (Lipinski definition) is 1. The number of halogens is 3. The molecule has 0 aromatic heterocycles. The molecule has 0 saturated carbocycles. The van der Waals surface area contributed by atoms with Crippen LogP contribution < -0.4 is 4.74 Å². The van der Waals surface area contributed by atoms with Gasteiger partial charge in [0.1, 0.15) is 11.4 Å². The lowest BCUT2D eigenvalue weighted by molar-refractivity contribution is -0.261. The number of piperidine rings is 1. The molecule has 198 valence electrons. The maximum atomic E-state index is 14.0. The van der Waals surface area contributed by atoms with Gasteiger partial charge in [0, 0.05) is 32.2 Å². The molecule has 0 spiro atoms. The van der Waals surface area contributed by atoms with Gasteiger partial charge in [-0.1, -0.05) is 19.1 Å². The molecule has 0 radical (unpaired) electrons. The molecule has 35 heavy (non-hydrogen) atoms. The number of benzene rings is 1. The summed E-state index contributed by atoms with van der Waals surface area (Å²) in [5.41, 5.74) is -4.85. The van der Waals surface area contributed by atoms with Crippen molar-refractivity contribution in [1.29, 1.82) is 0 Å². The third-order valence-corrected chi connectivity index (χ3v) is 6.14. The topological polar surface area (TPSA) is 79.3 Å². The Hall–Kier alpha value is -2.49. The molecule has 1 N–H and O–H groups in total. The number of aliphatic hydroxyl groups is 1. The number of alkyl halides is 3. The van der Waals surface area contributed by atoms with Crippen LogP contribution in [0.3, 0.4) is 0 Å². The normalized spacial score (nSPS) is 17.9. The molecule has 2 atom stereocenters. The van der Waals surface area contributed by atoms with Gasteiger partial charge < -0.3 is 24.4 Å². The lowest BCUT2D eigenvalue weighted by Crippen LogP contribution is -2.55. The molecule has 1 unspecified atom stereocenters. The zero-order chi connectivity index (χ0) is 26.6. The zero-order valence-electron chi connectivity index (χ0n) is 21.3. The van der Waals surface area contributed by atoms with Crippen molar-refractivity contribution in [3.8, 4) is 5.75 Å². The number of carbonyl (C=O) groups excluding carboxylic acids is 2. The second kappa shape index (κ2) is 11.1. The molecule has 10 heteroatoms. The van der Waals surface area contributed by atoms with Crippen molar-refractivity contribution in [3.05, 3.63) is 29.8 Å². The number of amides is 2. The number of likely N-dealkylation sites (tertiary alicyclic amines) is 1. The fourth-order valence-corrected chi connectivity index (χ4v) is 4.40. The second-order valence-electron chi connectivity index (χ2n) is 10.4. The van der Waals surface area contributed by atoms with E-state index in [0.717, 1.165) is 29.9 Å². The number of methoxy groups -OCH3 is 1. The molecule has 2 amide bonds. The first-order chi connectivity index (χ1) is 16.1. The standard InChI is InChI=1S/C25H37F3N2O5/c1-17(14-18-10-12-30(13-11-18)22(32)35-23(2,3)4)16-29(5)21(31)24(33,25(26,27)28)19-8-7-9-20(15-19)34-6/h7-9,15,17-18,33H,10-14,16H2,1-6H3/t17?,24-/m1/s1. The minimum Gasteiger partial charge on any atom is -0.497 e. The highest BCUT2D eigenvalue weighted by Crippen LogP contribution is 2.41. The van der Waals surface area contributed by atoms with Crippen molar-refractivity contribution >= 4 is 12.0 Å². The van der Waals surface area contributed by atoms with Crippen LogP contribution in [0.15, 0.2) is 24.3 Å². The number of likely N-dealkylation sites (N-methyl/N-ethyl adjacent to an activating group) is 1. The van der Waals surface area contributed by atoms with Gasteiger partial charge in [0.15, 0.2) is 0 Å². The largest absolute Gasteiger partial charge is 0.497 e. The van der Waals surface area contributed by atoms with Crippen LogP contribution in [0.5, 0.6) is 5.75 Å². The van der Waals surface area contributed by atoms with E-state index in [1.807, 2.05) is 27.7 Å². The van der Waals surface area contributed by atoms with E-state index in [1.54, 1.807) is 4.90 Å². The van der Waals surface area contributed by atoms with Gasteiger partial charge in [-0.2, -0.15) is 13.2 Å². The Labute approximate surface area is 205 Å². The Kier molecular flexibility index (Phi) is 9.08. The van der Waals surface area contributed by atoms with Crippen molar-refractivity contribution < 1.29 is 37.3 Å². The summed E-state index contributed by atoms with van der Waals surface area (Å²) in [5.74, 6) is -1.17. The first kappa shape index (κ1) is 28.7. The van der Waals surface area contributed by atoms with Gasteiger partial charge in [-0.05, 0) is 64.0 Å². The first-order valence-corrected chi connectivity index (χ1v) is 11.8. The molecule has 1 aliphatic rings. The van der Waals surface area contributed by atoms with E-state index in [2.05, 4.69) is 0 Å². The quantitative estimate of drug-likeness (QED) is 0.591. The van der Waals surface area contributed by atoms with Crippen LogP contribution in [0.1, 0.15) is 52.5 Å². The van der Waals surface area contributed by atoms with Crippen molar-refractivity contribution in [1.82, 2.24) is 9.80 Å². The molecule has 1 aliphatic heterocycles. The van der Waals surface area contributed by atoms with Crippen LogP contribution in [-0.4, -0.2) is 72.5 Å². The Morgan fingerprint density at radius 1 is 1.20 bits per heavy atom. The van der Waals surface area contributed by atoms with Crippen molar-refractivity contribution in [2.24, 2.45) is 11.8 Å². The molecule has 1 saturated heterocycles. The Morgan fingerprint density at radius 3 is 2.31 bits per heavy atom. The zero-order valence-corrected chi connectivity index (χ0v) is 21.3. The number of carbonyl (C=O) groups is 2. The molecular formula is C25H37F3N2O5. The van der Waals surface area contributed by atoms with Gasteiger partial charge in [0.05, 0.1) is 7.11 Å². The molecule has 1 aromatic carbocycles. The van der Waals surface area contributed by atoms with Gasteiger partial charge in [-0.3, -0.25) is 4.79 Å². The van der Waals surface area contributed by atoms with Crippen molar-refractivity contribution in [2.45, 2.75) is 64.3 Å². The summed E-state index contributed by atoms with van der Waals surface area (Å²) in [6.07, 6.45) is -3.39. The minimum atomic E-state index is -5.22. The summed E-state index contributed by atoms with van der Waals surface area (Å²) in [7, 11) is 2.56. The maximum absolute atomic E-state index is 14.0. The predicted molar refractivity (Wildman–Crippen MR) is 125 cm³/mol. The van der Waals surface area contributed by atoms with Crippen LogP contribution in [0.25, 0.3) is 0 Å². The Morgan fingerprint density at radius 2 is 1.80 bits per heavy atom. The fourth-order valence-electron chi connectivity index (χ4n) is 4.40. The van der Waals surface area contributed by atoms with Crippen LogP contribution in [-0.2, 0) is 15.1 Å². The summed E-state index contributed by atoms with van der Waals surface area (Å²) in [6, 6.07) is 4.81. The molecule has 0 aliphatic carbocycles. The van der Waals surface area contributed by atoms with Crippen LogP contribution in [0.4, 0.5) is 18.0 Å². The number of hydrogen-bond acceptors (Lipinski definition) is 5. The summed E-state index contributed by atoms with van der Waals surface area (Å²) < 4.78 is 52.3. The van der Waals surface area contributed by atoms with Crippen molar-refractivity contribution in [3.63, 3.8) is 0 Å². The highest BCUT2D eigenvalue weighted by atomic mass is 19.4. The smallest absolute Gasteiger partial charge is 0.430 e. The number of nitrogens with zero attached hydrogens (tertiary/aromatic N) is 2. The van der Waals surface area contributed by atoms with Gasteiger partial charge in [-0.25, -0.2) is 4.79 Å². The predicted octanol–water partition coefficient (Wildman–Crippen LogP) is 4.58. The SMILES string of the molecule is COc1cccc([C@@](O)(C(=O)N(C)CC(C)CC2CCN(C(=O)OC(C)(C)C)CC2)C(F)(F)F)c1. The summed E-state index contributed by atoms with van der Waals surface area (Å²) >= 11 is 0. The van der Waals surface area contributed by atoms with Crippen LogP contribution in [0, 0.1) is 11.8 Å². The number of ether oxygens (including phenoxy) is 2. The van der Waals surface area contributed by atoms with E-state index < -0.39 is 28.8 Å². The summed E-state index contributed by atoms with van der Waals surface area (Å²) in [6.45, 7) is 8.44. The van der Waals surface area contributed by atoms with E-state index in [0.29, 0.717) is 19.5 Å². The average Bonchev–Trinajstić information content (AvgIpc) is 2.76. The molecule has 0 bridgehead atoms. The monoisotopic (exact) mass is 502 g/mol. The van der Waals surface area contributed by atoms with E-state index >= 15 is 0 Å². The highest BCUT2D eigenvalue weighted by molar-refractivity contribution is 5.87. The van der Waals surface area contributed by atoms with E-state index in [-0.39, 0.29) is 30.2 Å². The minimum absolute atomic E-state index is 0.0491. The first-order valence-electron chi connectivity index (χ1n) is 11.8. The summed E-state index contributed by atoms with van der Waals surface area (Å²) in [4.78, 5) is 27.8. The lowest BCUT2D eigenvalue weighted by Gasteiger charge is -2.36. The van der Waals surface area contributed by atoms with Gasteiger partial charge >= 0.3 is 12.3 Å². The molecule has 1 heterocycles. The van der Waals surface area contributed by atoms with Crippen LogP contribution in [0.2, 0.25) is 0 Å². The second-order valence-corrected chi connectivity index (χ2v) is 10.4. The summed E-state index contributed by atoms with van der Waals surface area (Å²) in [5, 5.41) is 10.7. The van der Waals surface area contributed by atoms with E-state index in [9.17, 15) is 27.9 Å². The molecule has 7 nitrogen and oxygen atoms in total. The fraction of sp³-hybridized carbons (Fsp3) is 0.680. The maximum Gasteiger partial charge on any atom is 0.430 e. The molecule has 2 rings (SSSR count). The lowest BCUT2D eigenvalue weighted by atomic mass is 9.87. The molecular weight excluding hydrogens is 465 g/mol.